The summed E-state index contributed by atoms with van der Waals surface area (Å²) in [4.78, 5) is 24.9. The predicted octanol–water partition coefficient (Wildman–Crippen LogP) is 0.296. The molecule has 0 saturated carbocycles. The zero-order valence-electron chi connectivity index (χ0n) is 10.9. The molecule has 1 aliphatic heterocycles. The third-order valence-electron chi connectivity index (χ3n) is 3.06. The van der Waals surface area contributed by atoms with E-state index in [1.54, 1.807) is 11.0 Å². The van der Waals surface area contributed by atoms with Gasteiger partial charge < -0.3 is 15.0 Å². The quantitative estimate of drug-likeness (QED) is 0.787. The Morgan fingerprint density at radius 2 is 2.32 bits per heavy atom. The maximum Gasteiger partial charge on any atom is 0.358 e. The van der Waals surface area contributed by atoms with Gasteiger partial charge >= 0.3 is 5.97 Å². The van der Waals surface area contributed by atoms with Gasteiger partial charge in [-0.15, -0.1) is 10.2 Å². The number of nitrogens with zero attached hydrogens (tertiary/aromatic N) is 3. The largest absolute Gasteiger partial charge is 0.464 e. The van der Waals surface area contributed by atoms with Crippen molar-refractivity contribution in [3.63, 3.8) is 0 Å². The Balaban J connectivity index is 2.00. The molecule has 1 saturated heterocycles. The lowest BCUT2D eigenvalue weighted by Crippen LogP contribution is -2.33. The average Bonchev–Trinajstić information content (AvgIpc) is 2.79. The number of ether oxygens (including phenoxy) is 1. The lowest BCUT2D eigenvalue weighted by Gasteiger charge is -2.14. The van der Waals surface area contributed by atoms with E-state index in [-0.39, 0.29) is 17.6 Å². The van der Waals surface area contributed by atoms with Crippen LogP contribution in [-0.4, -0.2) is 53.2 Å². The van der Waals surface area contributed by atoms with E-state index in [9.17, 15) is 9.59 Å². The molecule has 0 aromatic carbocycles. The number of methoxy groups -OCH3 is 1. The van der Waals surface area contributed by atoms with E-state index in [4.69, 9.17) is 0 Å². The summed E-state index contributed by atoms with van der Waals surface area (Å²) in [5.74, 6) is 0.0125. The molecule has 0 bridgehead atoms. The van der Waals surface area contributed by atoms with Gasteiger partial charge in [0, 0.05) is 13.1 Å². The van der Waals surface area contributed by atoms with Gasteiger partial charge in [-0.05, 0) is 25.5 Å². The highest BCUT2D eigenvalue weighted by molar-refractivity contribution is 5.88. The number of nitrogens with one attached hydrogen (secondary N) is 1. The molecule has 0 radical (unpaired) electrons. The average molecular weight is 264 g/mol. The summed E-state index contributed by atoms with van der Waals surface area (Å²) < 4.78 is 4.53. The maximum atomic E-state index is 11.9. The van der Waals surface area contributed by atoms with Gasteiger partial charge in [0.1, 0.15) is 11.9 Å². The number of carbonyl (C=O) groups is 2. The summed E-state index contributed by atoms with van der Waals surface area (Å²) in [6.07, 6.45) is 0.743. The minimum Gasteiger partial charge on any atom is -0.464 e. The van der Waals surface area contributed by atoms with Crippen LogP contribution < -0.4 is 5.32 Å². The molecular formula is C12H16N4O3. The predicted molar refractivity (Wildman–Crippen MR) is 67.7 cm³/mol. The Hall–Kier alpha value is -2.18. The lowest BCUT2D eigenvalue weighted by atomic mass is 10.2. The van der Waals surface area contributed by atoms with E-state index in [0.29, 0.717) is 12.4 Å². The van der Waals surface area contributed by atoms with Crippen molar-refractivity contribution in [2.75, 3.05) is 25.5 Å². The molecule has 102 valence electrons. The number of likely N-dealkylation sites (N-methyl/N-ethyl adjacent to an activating group) is 1. The standard InChI is InChI=1S/C12H16N4O3/c1-3-16-7-6-8(11(16)17)13-10-5-4-9(14-15-10)12(18)19-2/h4-5,8H,3,6-7H2,1-2H3,(H,13,15)/t8-/m1/s1. The number of likely N-dealkylation sites (tertiary alicyclic amines) is 1. The second-order valence-electron chi connectivity index (χ2n) is 4.20. The number of amides is 1. The highest BCUT2D eigenvalue weighted by Crippen LogP contribution is 2.15. The van der Waals surface area contributed by atoms with Crippen LogP contribution in [0, 0.1) is 0 Å². The van der Waals surface area contributed by atoms with Gasteiger partial charge in [0.15, 0.2) is 5.69 Å². The third kappa shape index (κ3) is 2.81. The fraction of sp³-hybridized carbons (Fsp3) is 0.500. The van der Waals surface area contributed by atoms with Gasteiger partial charge in [0.05, 0.1) is 7.11 Å². The molecule has 19 heavy (non-hydrogen) atoms. The van der Waals surface area contributed by atoms with E-state index in [0.717, 1.165) is 13.0 Å². The van der Waals surface area contributed by atoms with E-state index in [1.807, 2.05) is 6.92 Å². The first-order chi connectivity index (χ1) is 9.15. The summed E-state index contributed by atoms with van der Waals surface area (Å²) in [6, 6.07) is 2.86. The number of rotatable bonds is 4. The van der Waals surface area contributed by atoms with Crippen molar-refractivity contribution in [1.29, 1.82) is 0 Å². The molecule has 1 aromatic heterocycles. The van der Waals surface area contributed by atoms with Crippen molar-refractivity contribution >= 4 is 17.7 Å². The van der Waals surface area contributed by atoms with Crippen LogP contribution in [0.3, 0.4) is 0 Å². The van der Waals surface area contributed by atoms with E-state index in [2.05, 4.69) is 20.3 Å². The minimum atomic E-state index is -0.534. The first kappa shape index (κ1) is 13.3. The molecule has 1 aromatic rings. The number of aromatic nitrogens is 2. The minimum absolute atomic E-state index is 0.0707. The Morgan fingerprint density at radius 3 is 2.84 bits per heavy atom. The SMILES string of the molecule is CCN1CC[C@@H](Nc2ccc(C(=O)OC)nn2)C1=O. The number of carbonyl (C=O) groups excluding carboxylic acids is 2. The number of anilines is 1. The second-order valence-corrected chi connectivity index (χ2v) is 4.20. The Labute approximate surface area is 110 Å². The van der Waals surface area contributed by atoms with Crippen LogP contribution in [0.25, 0.3) is 0 Å². The fourth-order valence-electron chi connectivity index (χ4n) is 1.99. The summed E-state index contributed by atoms with van der Waals surface area (Å²) in [7, 11) is 1.28. The van der Waals surface area contributed by atoms with E-state index >= 15 is 0 Å². The monoisotopic (exact) mass is 264 g/mol. The zero-order chi connectivity index (χ0) is 13.8. The van der Waals surface area contributed by atoms with Crippen LogP contribution in [-0.2, 0) is 9.53 Å². The van der Waals surface area contributed by atoms with E-state index < -0.39 is 5.97 Å². The van der Waals surface area contributed by atoms with Crippen molar-refractivity contribution in [1.82, 2.24) is 15.1 Å². The Morgan fingerprint density at radius 1 is 1.53 bits per heavy atom. The van der Waals surface area contributed by atoms with Crippen molar-refractivity contribution in [2.24, 2.45) is 0 Å². The second kappa shape index (κ2) is 5.64. The molecule has 1 atom stereocenters. The van der Waals surface area contributed by atoms with Crippen LogP contribution in [0.1, 0.15) is 23.8 Å². The van der Waals surface area contributed by atoms with Gasteiger partial charge in [-0.3, -0.25) is 4.79 Å². The molecule has 7 nitrogen and oxygen atoms in total. The molecule has 1 aliphatic rings. The molecule has 1 amide bonds. The number of hydrogen-bond donors (Lipinski definition) is 1. The van der Waals surface area contributed by atoms with Crippen molar-refractivity contribution < 1.29 is 14.3 Å². The molecular weight excluding hydrogens is 248 g/mol. The van der Waals surface area contributed by atoms with Gasteiger partial charge in [0.2, 0.25) is 5.91 Å². The normalized spacial score (nSPS) is 18.5. The smallest absolute Gasteiger partial charge is 0.358 e. The van der Waals surface area contributed by atoms with Gasteiger partial charge in [-0.2, -0.15) is 0 Å². The van der Waals surface area contributed by atoms with Crippen molar-refractivity contribution in [2.45, 2.75) is 19.4 Å². The van der Waals surface area contributed by atoms with Crippen LogP contribution in [0.4, 0.5) is 5.82 Å². The lowest BCUT2D eigenvalue weighted by molar-refractivity contribution is -0.128. The highest BCUT2D eigenvalue weighted by atomic mass is 16.5. The number of hydrogen-bond acceptors (Lipinski definition) is 6. The van der Waals surface area contributed by atoms with Gasteiger partial charge in [0.25, 0.3) is 0 Å². The molecule has 7 heteroatoms. The van der Waals surface area contributed by atoms with Crippen LogP contribution in [0.2, 0.25) is 0 Å². The fourth-order valence-corrected chi connectivity index (χ4v) is 1.99. The van der Waals surface area contributed by atoms with Gasteiger partial charge in [-0.1, -0.05) is 0 Å². The molecule has 1 fully saturated rings. The van der Waals surface area contributed by atoms with Gasteiger partial charge in [-0.25, -0.2) is 4.79 Å². The zero-order valence-corrected chi connectivity index (χ0v) is 10.9. The molecule has 2 rings (SSSR count). The molecule has 0 spiro atoms. The summed E-state index contributed by atoms with van der Waals surface area (Å²) in [5.41, 5.74) is 0.140. The topological polar surface area (TPSA) is 84.4 Å². The highest BCUT2D eigenvalue weighted by Gasteiger charge is 2.30. The first-order valence-corrected chi connectivity index (χ1v) is 6.13. The molecule has 1 N–H and O–H groups in total. The van der Waals surface area contributed by atoms with Crippen LogP contribution in [0.15, 0.2) is 12.1 Å². The Bertz CT molecular complexity index is 474. The molecule has 0 aliphatic carbocycles. The van der Waals surface area contributed by atoms with E-state index in [1.165, 1.54) is 13.2 Å². The van der Waals surface area contributed by atoms with Crippen molar-refractivity contribution in [3.8, 4) is 0 Å². The third-order valence-corrected chi connectivity index (χ3v) is 3.06. The molecule has 2 heterocycles. The molecule has 0 unspecified atom stereocenters. The Kier molecular flexibility index (Phi) is 3.94. The summed E-state index contributed by atoms with van der Waals surface area (Å²) in [6.45, 7) is 3.41. The first-order valence-electron chi connectivity index (χ1n) is 6.13. The maximum absolute atomic E-state index is 11.9. The summed E-state index contributed by atoms with van der Waals surface area (Å²) >= 11 is 0. The van der Waals surface area contributed by atoms with Crippen LogP contribution in [0.5, 0.6) is 0 Å². The van der Waals surface area contributed by atoms with Crippen molar-refractivity contribution in [3.05, 3.63) is 17.8 Å². The summed E-state index contributed by atoms with van der Waals surface area (Å²) in [5, 5.41) is 10.6. The number of esters is 1. The van der Waals surface area contributed by atoms with Crippen LogP contribution >= 0.6 is 0 Å².